The molecule has 4 rings (SSSR count). The molecule has 0 bridgehead atoms. The van der Waals surface area contributed by atoms with Crippen molar-refractivity contribution in [2.75, 3.05) is 31.2 Å². The summed E-state index contributed by atoms with van der Waals surface area (Å²) in [5.74, 6) is -0.288. The third-order valence-electron chi connectivity index (χ3n) is 4.34. The van der Waals surface area contributed by atoms with E-state index in [9.17, 15) is 4.39 Å². The topological polar surface area (TPSA) is 37.7 Å². The number of fused-ring (bicyclic) bond motifs is 1. The van der Waals surface area contributed by atoms with Gasteiger partial charge in [0.2, 0.25) is 0 Å². The van der Waals surface area contributed by atoms with E-state index in [2.05, 4.69) is 9.98 Å². The van der Waals surface area contributed by atoms with Crippen molar-refractivity contribution in [3.63, 3.8) is 0 Å². The van der Waals surface area contributed by atoms with Crippen LogP contribution in [0.15, 0.2) is 53.5 Å². The largest absolute Gasteiger partial charge is 0.378 e. The molecule has 3 aromatic rings. The van der Waals surface area contributed by atoms with Gasteiger partial charge in [-0.25, -0.2) is 9.37 Å². The van der Waals surface area contributed by atoms with Gasteiger partial charge in [0, 0.05) is 36.3 Å². The quantitative estimate of drug-likeness (QED) is 0.499. The molecule has 0 atom stereocenters. The van der Waals surface area contributed by atoms with Crippen LogP contribution in [0, 0.1) is 5.82 Å². The number of hydrogen-bond donors (Lipinski definition) is 0. The maximum Gasteiger partial charge on any atom is 0.148 e. The molecule has 6 heteroatoms. The van der Waals surface area contributed by atoms with Crippen LogP contribution in [-0.2, 0) is 4.74 Å². The summed E-state index contributed by atoms with van der Waals surface area (Å²) in [5.41, 5.74) is 2.64. The molecule has 0 N–H and O–H groups in total. The number of halogens is 2. The summed E-state index contributed by atoms with van der Waals surface area (Å²) in [6.45, 7) is 2.62. The van der Waals surface area contributed by atoms with Crippen LogP contribution < -0.4 is 4.90 Å². The van der Waals surface area contributed by atoms with Crippen molar-refractivity contribution < 1.29 is 9.13 Å². The van der Waals surface area contributed by atoms with Crippen LogP contribution in [0.5, 0.6) is 0 Å². The smallest absolute Gasteiger partial charge is 0.148 e. The van der Waals surface area contributed by atoms with Gasteiger partial charge in [0.15, 0.2) is 0 Å². The van der Waals surface area contributed by atoms with Gasteiger partial charge in [-0.1, -0.05) is 29.8 Å². The van der Waals surface area contributed by atoms with E-state index >= 15 is 0 Å². The second-order valence-electron chi connectivity index (χ2n) is 6.05. The van der Waals surface area contributed by atoms with Crippen LogP contribution in [0.1, 0.15) is 5.56 Å². The van der Waals surface area contributed by atoms with Crippen molar-refractivity contribution >= 4 is 40.1 Å². The third kappa shape index (κ3) is 3.54. The predicted octanol–water partition coefficient (Wildman–Crippen LogP) is 4.61. The average Bonchev–Trinajstić information content (AvgIpc) is 2.67. The molecule has 1 fully saturated rings. The molecule has 1 aromatic heterocycles. The Bertz CT molecular complexity index is 970. The first kappa shape index (κ1) is 16.9. The Balaban J connectivity index is 1.59. The van der Waals surface area contributed by atoms with Gasteiger partial charge in [0.1, 0.15) is 11.0 Å². The molecule has 0 amide bonds. The number of morpholine rings is 1. The van der Waals surface area contributed by atoms with E-state index in [1.165, 1.54) is 6.07 Å². The molecule has 1 aliphatic heterocycles. The zero-order valence-electron chi connectivity index (χ0n) is 14.0. The highest BCUT2D eigenvalue weighted by Gasteiger charge is 2.15. The number of nitrogens with zero attached hydrogens (tertiary/aromatic N) is 3. The van der Waals surface area contributed by atoms with E-state index in [1.807, 2.05) is 35.2 Å². The van der Waals surface area contributed by atoms with Gasteiger partial charge in [0.05, 0.1) is 30.1 Å². The number of pyridine rings is 1. The minimum absolute atomic E-state index is 0.288. The lowest BCUT2D eigenvalue weighted by molar-refractivity contribution is 0.122. The Hall–Kier alpha value is -2.50. The standard InChI is InChI=1S/C20H17ClFN3O/c21-20-15(11-14-3-1-2-4-18(14)24-20)13-23-16-5-6-19(17(22)12-16)25-7-9-26-10-8-25/h1-6,11-13H,7-10H2. The van der Waals surface area contributed by atoms with Crippen LogP contribution in [0.2, 0.25) is 5.15 Å². The van der Waals surface area contributed by atoms with Gasteiger partial charge < -0.3 is 9.64 Å². The minimum atomic E-state index is -0.288. The summed E-state index contributed by atoms with van der Waals surface area (Å²) in [6, 6.07) is 14.6. The van der Waals surface area contributed by atoms with Gasteiger partial charge in [-0.3, -0.25) is 4.99 Å². The van der Waals surface area contributed by atoms with Crippen molar-refractivity contribution in [2.45, 2.75) is 0 Å². The highest BCUT2D eigenvalue weighted by atomic mass is 35.5. The molecule has 0 spiro atoms. The highest BCUT2D eigenvalue weighted by Crippen LogP contribution is 2.26. The number of ether oxygens (including phenoxy) is 1. The van der Waals surface area contributed by atoms with E-state index in [-0.39, 0.29) is 5.82 Å². The maximum absolute atomic E-state index is 14.5. The van der Waals surface area contributed by atoms with Crippen LogP contribution in [0.3, 0.4) is 0 Å². The van der Waals surface area contributed by atoms with Gasteiger partial charge in [-0.2, -0.15) is 0 Å². The molecule has 0 aliphatic carbocycles. The molecular formula is C20H17ClFN3O. The van der Waals surface area contributed by atoms with Crippen molar-refractivity contribution in [3.8, 4) is 0 Å². The molecule has 26 heavy (non-hydrogen) atoms. The molecule has 0 saturated carbocycles. The van der Waals surface area contributed by atoms with Crippen molar-refractivity contribution in [1.82, 2.24) is 4.98 Å². The molecule has 2 aromatic carbocycles. The van der Waals surface area contributed by atoms with Crippen molar-refractivity contribution in [3.05, 3.63) is 65.1 Å². The van der Waals surface area contributed by atoms with Crippen LogP contribution in [0.4, 0.5) is 15.8 Å². The number of rotatable bonds is 3. The summed E-state index contributed by atoms with van der Waals surface area (Å²) >= 11 is 6.23. The second kappa shape index (κ2) is 7.40. The molecule has 1 saturated heterocycles. The zero-order chi connectivity index (χ0) is 17.9. The van der Waals surface area contributed by atoms with Gasteiger partial charge >= 0.3 is 0 Å². The number of para-hydroxylation sites is 1. The van der Waals surface area contributed by atoms with E-state index in [0.717, 1.165) is 10.9 Å². The Labute approximate surface area is 155 Å². The zero-order valence-corrected chi connectivity index (χ0v) is 14.8. The van der Waals surface area contributed by atoms with Crippen molar-refractivity contribution in [1.29, 1.82) is 0 Å². The number of anilines is 1. The Kier molecular flexibility index (Phi) is 4.82. The first-order valence-electron chi connectivity index (χ1n) is 8.42. The number of aromatic nitrogens is 1. The molecule has 132 valence electrons. The fraction of sp³-hybridized carbons (Fsp3) is 0.200. The first-order valence-corrected chi connectivity index (χ1v) is 8.80. The summed E-state index contributed by atoms with van der Waals surface area (Å²) in [4.78, 5) is 10.7. The molecular weight excluding hydrogens is 353 g/mol. The maximum atomic E-state index is 14.5. The van der Waals surface area contributed by atoms with Gasteiger partial charge in [-0.15, -0.1) is 0 Å². The number of benzene rings is 2. The predicted molar refractivity (Wildman–Crippen MR) is 103 cm³/mol. The summed E-state index contributed by atoms with van der Waals surface area (Å²) in [6.07, 6.45) is 1.62. The summed E-state index contributed by atoms with van der Waals surface area (Å²) in [7, 11) is 0. The SMILES string of the molecule is Fc1cc(N=Cc2cc3ccccc3nc2Cl)ccc1N1CCOCC1. The van der Waals surface area contributed by atoms with Crippen LogP contribution >= 0.6 is 11.6 Å². The fourth-order valence-electron chi connectivity index (χ4n) is 2.98. The third-order valence-corrected chi connectivity index (χ3v) is 4.64. The first-order chi connectivity index (χ1) is 12.7. The second-order valence-corrected chi connectivity index (χ2v) is 6.41. The monoisotopic (exact) mass is 369 g/mol. The molecule has 0 radical (unpaired) electrons. The van der Waals surface area contributed by atoms with E-state index in [4.69, 9.17) is 16.3 Å². The van der Waals surface area contributed by atoms with Gasteiger partial charge in [0.25, 0.3) is 0 Å². The number of hydrogen-bond acceptors (Lipinski definition) is 4. The van der Waals surface area contributed by atoms with Crippen LogP contribution in [0.25, 0.3) is 10.9 Å². The van der Waals surface area contributed by atoms with E-state index < -0.39 is 0 Å². The van der Waals surface area contributed by atoms with Crippen LogP contribution in [-0.4, -0.2) is 37.5 Å². The average molecular weight is 370 g/mol. The number of aliphatic imine (C=N–C) groups is 1. The van der Waals surface area contributed by atoms with Crippen molar-refractivity contribution in [2.24, 2.45) is 4.99 Å². The lowest BCUT2D eigenvalue weighted by Crippen LogP contribution is -2.36. The lowest BCUT2D eigenvalue weighted by atomic mass is 10.2. The Morgan fingerprint density at radius 2 is 1.92 bits per heavy atom. The molecule has 2 heterocycles. The highest BCUT2D eigenvalue weighted by molar-refractivity contribution is 6.32. The van der Waals surface area contributed by atoms with Gasteiger partial charge in [-0.05, 0) is 24.3 Å². The summed E-state index contributed by atoms with van der Waals surface area (Å²) < 4.78 is 19.8. The molecule has 4 nitrogen and oxygen atoms in total. The normalized spacial score (nSPS) is 15.1. The fourth-order valence-corrected chi connectivity index (χ4v) is 3.17. The minimum Gasteiger partial charge on any atom is -0.378 e. The molecule has 0 unspecified atom stereocenters. The van der Waals surface area contributed by atoms with E-state index in [0.29, 0.717) is 48.4 Å². The van der Waals surface area contributed by atoms with E-state index in [1.54, 1.807) is 18.3 Å². The summed E-state index contributed by atoms with van der Waals surface area (Å²) in [5, 5.41) is 1.35. The lowest BCUT2D eigenvalue weighted by Gasteiger charge is -2.29. The Morgan fingerprint density at radius 1 is 1.12 bits per heavy atom. The molecule has 1 aliphatic rings. The Morgan fingerprint density at radius 3 is 2.73 bits per heavy atom.